The number of halogens is 3. The number of hydrogen-bond donors (Lipinski definition) is 3. The molecule has 29 heavy (non-hydrogen) atoms. The summed E-state index contributed by atoms with van der Waals surface area (Å²) >= 11 is 1.21. The van der Waals surface area contributed by atoms with E-state index < -0.39 is 11.9 Å². The lowest BCUT2D eigenvalue weighted by molar-refractivity contribution is -0.141. The lowest BCUT2D eigenvalue weighted by atomic mass is 9.91. The van der Waals surface area contributed by atoms with Crippen LogP contribution in [0, 0.1) is 6.92 Å². The van der Waals surface area contributed by atoms with Gasteiger partial charge in [0.15, 0.2) is 5.13 Å². The first kappa shape index (κ1) is 25.4. The molecule has 0 bridgehead atoms. The second-order valence-corrected chi connectivity index (χ2v) is 7.51. The Bertz CT molecular complexity index is 823. The standard InChI is InChI=1S/C17H20F3N5OS.2H2S/c1-9-6-12(7-14(22-9)17(18,19)20)23-10-2-4-11(5-3-10)24-15(26)13-8-27-16(21)25-13;;/h6-8,10-11H,2-5H2,1H3,(H2,21,25)(H,22,23)(H,24,26);2*1H2. The molecule has 1 amide bonds. The third kappa shape index (κ3) is 6.96. The lowest BCUT2D eigenvalue weighted by Crippen LogP contribution is -2.40. The third-order valence-electron chi connectivity index (χ3n) is 4.43. The second kappa shape index (κ2) is 10.4. The number of pyridine rings is 1. The molecule has 0 unspecified atom stereocenters. The van der Waals surface area contributed by atoms with Crippen LogP contribution in [0.15, 0.2) is 17.5 Å². The van der Waals surface area contributed by atoms with E-state index in [2.05, 4.69) is 20.6 Å². The van der Waals surface area contributed by atoms with Crippen molar-refractivity contribution in [3.8, 4) is 0 Å². The van der Waals surface area contributed by atoms with Gasteiger partial charge in [0, 0.05) is 28.8 Å². The fourth-order valence-corrected chi connectivity index (χ4v) is 3.71. The summed E-state index contributed by atoms with van der Waals surface area (Å²) in [6, 6.07) is 2.71. The van der Waals surface area contributed by atoms with Crippen molar-refractivity contribution in [3.63, 3.8) is 0 Å². The number of aryl methyl sites for hydroxylation is 1. The number of hydrogen-bond acceptors (Lipinski definition) is 6. The molecule has 0 radical (unpaired) electrons. The molecule has 2 aromatic heterocycles. The Balaban J connectivity index is 0.00000210. The summed E-state index contributed by atoms with van der Waals surface area (Å²) in [4.78, 5) is 19.6. The molecular weight excluding hydrogens is 443 g/mol. The van der Waals surface area contributed by atoms with Gasteiger partial charge in [0.1, 0.15) is 11.4 Å². The minimum absolute atomic E-state index is 0. The Kier molecular flexibility index (Phi) is 9.09. The zero-order chi connectivity index (χ0) is 19.6. The monoisotopic (exact) mass is 467 g/mol. The second-order valence-electron chi connectivity index (χ2n) is 6.62. The molecule has 12 heteroatoms. The van der Waals surface area contributed by atoms with E-state index in [4.69, 9.17) is 5.73 Å². The molecule has 2 heterocycles. The molecule has 1 saturated carbocycles. The quantitative estimate of drug-likeness (QED) is 0.636. The SMILES string of the molecule is Cc1cc(NC2CCC(NC(=O)c3csc(N)n3)CC2)cc(C(F)(F)F)n1.S.S. The van der Waals surface area contributed by atoms with E-state index in [1.54, 1.807) is 11.4 Å². The molecule has 2 aromatic rings. The van der Waals surface area contributed by atoms with Crippen molar-refractivity contribution in [3.05, 3.63) is 34.6 Å². The number of nitrogens with one attached hydrogen (secondary N) is 2. The summed E-state index contributed by atoms with van der Waals surface area (Å²) in [5.74, 6) is -0.251. The highest BCUT2D eigenvalue weighted by atomic mass is 32.1. The predicted molar refractivity (Wildman–Crippen MR) is 118 cm³/mol. The zero-order valence-electron chi connectivity index (χ0n) is 15.6. The molecule has 1 aliphatic rings. The van der Waals surface area contributed by atoms with Gasteiger partial charge in [-0.25, -0.2) is 9.97 Å². The Hall–Kier alpha value is -1.66. The van der Waals surface area contributed by atoms with E-state index in [-0.39, 0.29) is 45.0 Å². The number of carbonyl (C=O) groups excluding carboxylic acids is 1. The van der Waals surface area contributed by atoms with Crippen LogP contribution in [0.5, 0.6) is 0 Å². The van der Waals surface area contributed by atoms with Gasteiger partial charge in [0.05, 0.1) is 0 Å². The Morgan fingerprint density at radius 1 is 1.14 bits per heavy atom. The molecule has 1 fully saturated rings. The van der Waals surface area contributed by atoms with E-state index in [0.29, 0.717) is 22.2 Å². The van der Waals surface area contributed by atoms with Crippen molar-refractivity contribution in [1.29, 1.82) is 0 Å². The highest BCUT2D eigenvalue weighted by molar-refractivity contribution is 7.59. The van der Waals surface area contributed by atoms with E-state index in [1.165, 1.54) is 18.3 Å². The molecule has 0 aliphatic heterocycles. The van der Waals surface area contributed by atoms with Gasteiger partial charge in [-0.2, -0.15) is 40.2 Å². The van der Waals surface area contributed by atoms with E-state index in [1.807, 2.05) is 0 Å². The summed E-state index contributed by atoms with van der Waals surface area (Å²) in [5.41, 5.74) is 5.68. The summed E-state index contributed by atoms with van der Waals surface area (Å²) in [5, 5.41) is 8.06. The van der Waals surface area contributed by atoms with Crippen molar-refractivity contribution in [1.82, 2.24) is 15.3 Å². The van der Waals surface area contributed by atoms with Crippen LogP contribution in [0.3, 0.4) is 0 Å². The Morgan fingerprint density at radius 2 is 1.76 bits per heavy atom. The third-order valence-corrected chi connectivity index (χ3v) is 5.11. The van der Waals surface area contributed by atoms with Gasteiger partial charge in [-0.05, 0) is 44.7 Å². The van der Waals surface area contributed by atoms with Crippen LogP contribution in [-0.2, 0) is 6.18 Å². The first-order chi connectivity index (χ1) is 12.7. The number of rotatable bonds is 4. The molecule has 0 spiro atoms. The summed E-state index contributed by atoms with van der Waals surface area (Å²) in [7, 11) is 0. The Morgan fingerprint density at radius 3 is 2.31 bits per heavy atom. The number of nitrogens with zero attached hydrogens (tertiary/aromatic N) is 2. The molecule has 0 atom stereocenters. The van der Waals surface area contributed by atoms with Crippen molar-refractivity contribution < 1.29 is 18.0 Å². The summed E-state index contributed by atoms with van der Waals surface area (Å²) in [6.07, 6.45) is -1.51. The number of nitrogens with two attached hydrogens (primary N) is 1. The molecule has 6 nitrogen and oxygen atoms in total. The highest BCUT2D eigenvalue weighted by Gasteiger charge is 2.33. The van der Waals surface area contributed by atoms with Crippen molar-refractivity contribution in [2.24, 2.45) is 0 Å². The number of nitrogen functional groups attached to an aromatic ring is 1. The minimum atomic E-state index is -4.47. The van der Waals surface area contributed by atoms with Crippen LogP contribution < -0.4 is 16.4 Å². The first-order valence-electron chi connectivity index (χ1n) is 8.55. The number of amides is 1. The van der Waals surface area contributed by atoms with Gasteiger partial charge in [-0.1, -0.05) is 0 Å². The van der Waals surface area contributed by atoms with Crippen LogP contribution in [0.2, 0.25) is 0 Å². The van der Waals surface area contributed by atoms with E-state index in [9.17, 15) is 18.0 Å². The molecule has 0 saturated heterocycles. The number of alkyl halides is 3. The summed E-state index contributed by atoms with van der Waals surface area (Å²) < 4.78 is 38.7. The maximum atomic E-state index is 12.9. The molecule has 4 N–H and O–H groups in total. The number of aromatic nitrogens is 2. The normalized spacial score (nSPS) is 18.9. The zero-order valence-corrected chi connectivity index (χ0v) is 18.5. The van der Waals surface area contributed by atoms with Gasteiger partial charge in [-0.3, -0.25) is 4.79 Å². The largest absolute Gasteiger partial charge is 0.433 e. The predicted octanol–water partition coefficient (Wildman–Crippen LogP) is 3.83. The minimum Gasteiger partial charge on any atom is -0.382 e. The fraction of sp³-hybridized carbons (Fsp3) is 0.471. The first-order valence-corrected chi connectivity index (χ1v) is 9.43. The average Bonchev–Trinajstić information content (AvgIpc) is 3.02. The molecular formula is C17H24F3N5OS3. The van der Waals surface area contributed by atoms with Crippen LogP contribution in [-0.4, -0.2) is 28.0 Å². The topological polar surface area (TPSA) is 92.9 Å². The van der Waals surface area contributed by atoms with Crippen molar-refractivity contribution in [2.75, 3.05) is 11.1 Å². The van der Waals surface area contributed by atoms with Crippen LogP contribution in [0.4, 0.5) is 24.0 Å². The molecule has 162 valence electrons. The van der Waals surface area contributed by atoms with Gasteiger partial charge >= 0.3 is 6.18 Å². The van der Waals surface area contributed by atoms with Crippen LogP contribution in [0.1, 0.15) is 47.6 Å². The number of thiazole rings is 1. The smallest absolute Gasteiger partial charge is 0.382 e. The van der Waals surface area contributed by atoms with E-state index in [0.717, 1.165) is 31.7 Å². The molecule has 0 aromatic carbocycles. The maximum Gasteiger partial charge on any atom is 0.433 e. The maximum absolute atomic E-state index is 12.9. The van der Waals surface area contributed by atoms with E-state index >= 15 is 0 Å². The molecule has 3 rings (SSSR count). The van der Waals surface area contributed by atoms with Crippen molar-refractivity contribution in [2.45, 2.75) is 50.9 Å². The lowest BCUT2D eigenvalue weighted by Gasteiger charge is -2.30. The Labute approximate surface area is 184 Å². The molecule has 1 aliphatic carbocycles. The summed E-state index contributed by atoms with van der Waals surface area (Å²) in [6.45, 7) is 1.54. The van der Waals surface area contributed by atoms with Gasteiger partial charge in [0.25, 0.3) is 5.91 Å². The highest BCUT2D eigenvalue weighted by Crippen LogP contribution is 2.31. The number of anilines is 2. The fourth-order valence-electron chi connectivity index (χ4n) is 3.17. The van der Waals surface area contributed by atoms with Crippen LogP contribution >= 0.6 is 38.3 Å². The van der Waals surface area contributed by atoms with Gasteiger partial charge in [0.2, 0.25) is 0 Å². The van der Waals surface area contributed by atoms with Crippen molar-refractivity contribution >= 4 is 55.1 Å². The van der Waals surface area contributed by atoms with Gasteiger partial charge in [-0.15, -0.1) is 11.3 Å². The van der Waals surface area contributed by atoms with Crippen LogP contribution in [0.25, 0.3) is 0 Å². The van der Waals surface area contributed by atoms with Gasteiger partial charge < -0.3 is 16.4 Å². The number of carbonyl (C=O) groups is 1. The average molecular weight is 468 g/mol.